The summed E-state index contributed by atoms with van der Waals surface area (Å²) in [5.74, 6) is -0.295. The number of ether oxygens (including phenoxy) is 1. The van der Waals surface area contributed by atoms with E-state index in [4.69, 9.17) is 4.74 Å². The number of H-pyrrole nitrogens is 1. The summed E-state index contributed by atoms with van der Waals surface area (Å²) >= 11 is 0. The van der Waals surface area contributed by atoms with Crippen LogP contribution in [0.15, 0.2) is 54.6 Å². The molecule has 0 spiro atoms. The Morgan fingerprint density at radius 3 is 2.25 bits per heavy atom. The molecule has 1 aromatic heterocycles. The Morgan fingerprint density at radius 2 is 1.62 bits per heavy atom. The third kappa shape index (κ3) is 2.98. The molecule has 2 aromatic carbocycles. The quantitative estimate of drug-likeness (QED) is 0.676. The fourth-order valence-corrected chi connectivity index (χ4v) is 2.93. The molecule has 0 radical (unpaired) electrons. The highest BCUT2D eigenvalue weighted by Gasteiger charge is 2.24. The molecule has 3 aromatic rings. The van der Waals surface area contributed by atoms with Crippen molar-refractivity contribution in [2.45, 2.75) is 20.8 Å². The highest BCUT2D eigenvalue weighted by atomic mass is 16.5. The zero-order valence-corrected chi connectivity index (χ0v) is 14.2. The van der Waals surface area contributed by atoms with E-state index in [0.29, 0.717) is 12.2 Å². The van der Waals surface area contributed by atoms with E-state index in [1.165, 1.54) is 5.56 Å². The van der Waals surface area contributed by atoms with Crippen LogP contribution in [0.4, 0.5) is 0 Å². The van der Waals surface area contributed by atoms with Crippen LogP contribution < -0.4 is 0 Å². The fourth-order valence-electron chi connectivity index (χ4n) is 2.93. The number of carbonyl (C=O) groups excluding carboxylic acids is 1. The van der Waals surface area contributed by atoms with Gasteiger partial charge in [-0.1, -0.05) is 60.2 Å². The van der Waals surface area contributed by atoms with Crippen molar-refractivity contribution in [3.8, 4) is 22.4 Å². The molecule has 0 aliphatic carbocycles. The summed E-state index contributed by atoms with van der Waals surface area (Å²) in [5.41, 5.74) is 6.45. The lowest BCUT2D eigenvalue weighted by molar-refractivity contribution is 0.0528. The summed E-state index contributed by atoms with van der Waals surface area (Å²) in [6, 6.07) is 18.1. The van der Waals surface area contributed by atoms with Crippen LogP contribution in [0.25, 0.3) is 22.4 Å². The maximum atomic E-state index is 12.7. The predicted octanol–water partition coefficient (Wildman–Crippen LogP) is 5.14. The molecule has 3 heteroatoms. The van der Waals surface area contributed by atoms with Crippen molar-refractivity contribution >= 4 is 5.97 Å². The molecule has 1 heterocycles. The molecule has 0 saturated carbocycles. The zero-order valence-electron chi connectivity index (χ0n) is 14.2. The molecule has 122 valence electrons. The number of hydrogen-bond donors (Lipinski definition) is 1. The molecule has 3 nitrogen and oxygen atoms in total. The van der Waals surface area contributed by atoms with Crippen LogP contribution in [0.2, 0.25) is 0 Å². The molecule has 24 heavy (non-hydrogen) atoms. The van der Waals surface area contributed by atoms with Gasteiger partial charge < -0.3 is 9.72 Å². The SMILES string of the molecule is CCOC(=O)c1c(-c2ccccc2)[nH]c(C)c1-c1ccc(C)cc1. The molecular weight excluding hydrogens is 298 g/mol. The normalized spacial score (nSPS) is 10.6. The van der Waals surface area contributed by atoms with E-state index in [9.17, 15) is 4.79 Å². The van der Waals surface area contributed by atoms with Crippen LogP contribution >= 0.6 is 0 Å². The average Bonchev–Trinajstić information content (AvgIpc) is 2.94. The number of rotatable bonds is 4. The molecule has 1 N–H and O–H groups in total. The van der Waals surface area contributed by atoms with Gasteiger partial charge in [0, 0.05) is 11.3 Å². The minimum atomic E-state index is -0.295. The average molecular weight is 319 g/mol. The third-order valence-electron chi connectivity index (χ3n) is 4.07. The minimum Gasteiger partial charge on any atom is -0.462 e. The van der Waals surface area contributed by atoms with E-state index in [2.05, 4.69) is 24.0 Å². The maximum Gasteiger partial charge on any atom is 0.340 e. The van der Waals surface area contributed by atoms with Crippen molar-refractivity contribution in [1.29, 1.82) is 0 Å². The standard InChI is InChI=1S/C21H21NO2/c1-4-24-21(23)19-18(16-12-10-14(2)11-13-16)15(3)22-20(19)17-8-6-5-7-9-17/h5-13,22H,4H2,1-3H3. The molecule has 0 fully saturated rings. The summed E-state index contributed by atoms with van der Waals surface area (Å²) < 4.78 is 5.33. The number of hydrogen-bond acceptors (Lipinski definition) is 2. The lowest BCUT2D eigenvalue weighted by atomic mass is 9.97. The topological polar surface area (TPSA) is 42.1 Å². The van der Waals surface area contributed by atoms with Crippen molar-refractivity contribution in [3.05, 3.63) is 71.4 Å². The number of esters is 1. The summed E-state index contributed by atoms with van der Waals surface area (Å²) in [6.45, 7) is 6.22. The molecule has 0 amide bonds. The van der Waals surface area contributed by atoms with Crippen LogP contribution in [0.5, 0.6) is 0 Å². The summed E-state index contributed by atoms with van der Waals surface area (Å²) in [4.78, 5) is 16.1. The van der Waals surface area contributed by atoms with Crippen LogP contribution in [0.1, 0.15) is 28.5 Å². The van der Waals surface area contributed by atoms with Gasteiger partial charge in [-0.25, -0.2) is 4.79 Å². The van der Waals surface area contributed by atoms with Crippen molar-refractivity contribution in [1.82, 2.24) is 4.98 Å². The molecule has 0 saturated heterocycles. The number of aryl methyl sites for hydroxylation is 2. The van der Waals surface area contributed by atoms with Crippen LogP contribution in [-0.4, -0.2) is 17.6 Å². The minimum absolute atomic E-state index is 0.295. The Bertz CT molecular complexity index is 846. The van der Waals surface area contributed by atoms with E-state index in [-0.39, 0.29) is 5.97 Å². The highest BCUT2D eigenvalue weighted by molar-refractivity contribution is 6.04. The lowest BCUT2D eigenvalue weighted by Gasteiger charge is -2.08. The summed E-state index contributed by atoms with van der Waals surface area (Å²) in [6.07, 6.45) is 0. The van der Waals surface area contributed by atoms with Crippen molar-refractivity contribution in [2.75, 3.05) is 6.61 Å². The van der Waals surface area contributed by atoms with Gasteiger partial charge in [0.05, 0.1) is 17.9 Å². The van der Waals surface area contributed by atoms with E-state index in [1.807, 2.05) is 56.3 Å². The molecule has 0 aliphatic heterocycles. The maximum absolute atomic E-state index is 12.7. The van der Waals surface area contributed by atoms with E-state index < -0.39 is 0 Å². The van der Waals surface area contributed by atoms with Gasteiger partial charge in [-0.3, -0.25) is 0 Å². The molecule has 0 bridgehead atoms. The van der Waals surface area contributed by atoms with E-state index in [1.54, 1.807) is 0 Å². The monoisotopic (exact) mass is 319 g/mol. The van der Waals surface area contributed by atoms with Gasteiger partial charge in [-0.05, 0) is 31.9 Å². The second kappa shape index (κ2) is 6.75. The Kier molecular flexibility index (Phi) is 4.52. The summed E-state index contributed by atoms with van der Waals surface area (Å²) in [7, 11) is 0. The van der Waals surface area contributed by atoms with Gasteiger partial charge in [0.2, 0.25) is 0 Å². The number of aromatic amines is 1. The molecule has 0 unspecified atom stereocenters. The van der Waals surface area contributed by atoms with Crippen LogP contribution in [0.3, 0.4) is 0 Å². The fraction of sp³-hybridized carbons (Fsp3) is 0.190. The number of carbonyl (C=O) groups is 1. The van der Waals surface area contributed by atoms with Gasteiger partial charge in [-0.2, -0.15) is 0 Å². The first-order chi connectivity index (χ1) is 11.6. The van der Waals surface area contributed by atoms with Crippen LogP contribution in [-0.2, 0) is 4.74 Å². The lowest BCUT2D eigenvalue weighted by Crippen LogP contribution is -2.06. The van der Waals surface area contributed by atoms with Crippen molar-refractivity contribution in [2.24, 2.45) is 0 Å². The zero-order chi connectivity index (χ0) is 17.1. The Labute approximate surface area is 142 Å². The van der Waals surface area contributed by atoms with Gasteiger partial charge in [0.1, 0.15) is 0 Å². The third-order valence-corrected chi connectivity index (χ3v) is 4.07. The van der Waals surface area contributed by atoms with Gasteiger partial charge >= 0.3 is 5.97 Å². The molecule has 0 aliphatic rings. The Morgan fingerprint density at radius 1 is 0.958 bits per heavy atom. The first-order valence-electron chi connectivity index (χ1n) is 8.14. The largest absolute Gasteiger partial charge is 0.462 e. The van der Waals surface area contributed by atoms with Crippen LogP contribution in [0, 0.1) is 13.8 Å². The summed E-state index contributed by atoms with van der Waals surface area (Å²) in [5, 5.41) is 0. The van der Waals surface area contributed by atoms with Gasteiger partial charge in [0.15, 0.2) is 0 Å². The Hall–Kier alpha value is -2.81. The Balaban J connectivity index is 2.23. The first kappa shape index (κ1) is 16.1. The van der Waals surface area contributed by atoms with E-state index in [0.717, 1.165) is 28.1 Å². The predicted molar refractivity (Wildman–Crippen MR) is 97.1 cm³/mol. The molecule has 0 atom stereocenters. The number of benzene rings is 2. The highest BCUT2D eigenvalue weighted by Crippen LogP contribution is 2.35. The number of aromatic nitrogens is 1. The van der Waals surface area contributed by atoms with E-state index >= 15 is 0 Å². The number of nitrogens with one attached hydrogen (secondary N) is 1. The second-order valence-corrected chi connectivity index (χ2v) is 5.83. The van der Waals surface area contributed by atoms with Crippen molar-refractivity contribution in [3.63, 3.8) is 0 Å². The molecular formula is C21H21NO2. The second-order valence-electron chi connectivity index (χ2n) is 5.83. The molecule has 3 rings (SSSR count). The smallest absolute Gasteiger partial charge is 0.340 e. The van der Waals surface area contributed by atoms with Crippen molar-refractivity contribution < 1.29 is 9.53 Å². The van der Waals surface area contributed by atoms with Gasteiger partial charge in [-0.15, -0.1) is 0 Å². The van der Waals surface area contributed by atoms with Gasteiger partial charge in [0.25, 0.3) is 0 Å². The first-order valence-corrected chi connectivity index (χ1v) is 8.14.